The normalized spacial score (nSPS) is 29.9. The Morgan fingerprint density at radius 2 is 2.50 bits per heavy atom. The molecule has 1 unspecified atom stereocenters. The van der Waals surface area contributed by atoms with E-state index in [1.165, 1.54) is 18.6 Å². The van der Waals surface area contributed by atoms with Gasteiger partial charge in [0.15, 0.2) is 0 Å². The molecule has 0 aromatic rings. The molecule has 0 aliphatic carbocycles. The summed E-state index contributed by atoms with van der Waals surface area (Å²) in [6, 6.07) is 0. The van der Waals surface area contributed by atoms with Gasteiger partial charge in [0.1, 0.15) is 0 Å². The minimum atomic E-state index is -1.08. The zero-order valence-electron chi connectivity index (χ0n) is 5.91. The average molecular weight is 179 g/mol. The van der Waals surface area contributed by atoms with E-state index >= 15 is 0 Å². The van der Waals surface area contributed by atoms with Gasteiger partial charge in [-0.3, -0.25) is 5.14 Å². The third kappa shape index (κ3) is 3.03. The Morgan fingerprint density at radius 3 is 3.00 bits per heavy atom. The molecule has 60 valence electrons. The van der Waals surface area contributed by atoms with Gasteiger partial charge in [-0.05, 0) is 30.3 Å². The van der Waals surface area contributed by atoms with Gasteiger partial charge in [0.05, 0.1) is 11.0 Å². The summed E-state index contributed by atoms with van der Waals surface area (Å²) >= 11 is 1.95. The van der Waals surface area contributed by atoms with Crippen molar-refractivity contribution in [2.45, 2.75) is 12.8 Å². The van der Waals surface area contributed by atoms with Crippen LogP contribution in [0.2, 0.25) is 0 Å². The molecule has 2 N–H and O–H groups in total. The van der Waals surface area contributed by atoms with Gasteiger partial charge in [0.2, 0.25) is 0 Å². The van der Waals surface area contributed by atoms with Crippen LogP contribution in [-0.4, -0.2) is 21.5 Å². The first-order valence-electron chi connectivity index (χ1n) is 3.49. The van der Waals surface area contributed by atoms with Gasteiger partial charge in [-0.1, -0.05) is 0 Å². The molecule has 0 spiro atoms. The Kier molecular flexibility index (Phi) is 3.73. The third-order valence-electron chi connectivity index (χ3n) is 1.65. The molecule has 1 fully saturated rings. The lowest BCUT2D eigenvalue weighted by Gasteiger charge is -2.19. The topological polar surface area (TPSA) is 43.1 Å². The Balaban J connectivity index is 2.19. The molecule has 1 heterocycles. The third-order valence-corrected chi connectivity index (χ3v) is 3.74. The van der Waals surface area contributed by atoms with E-state index in [1.807, 2.05) is 11.8 Å². The fourth-order valence-electron chi connectivity index (χ4n) is 1.17. The maximum Gasteiger partial charge on any atom is 0.0891 e. The van der Waals surface area contributed by atoms with Gasteiger partial charge >= 0.3 is 0 Å². The largest absolute Gasteiger partial charge is 0.252 e. The summed E-state index contributed by atoms with van der Waals surface area (Å²) in [5, 5.41) is 5.19. The predicted molar refractivity (Wildman–Crippen MR) is 47.2 cm³/mol. The van der Waals surface area contributed by atoms with Crippen LogP contribution in [0.1, 0.15) is 12.8 Å². The van der Waals surface area contributed by atoms with Gasteiger partial charge in [0.25, 0.3) is 0 Å². The smallest absolute Gasteiger partial charge is 0.0891 e. The van der Waals surface area contributed by atoms with Crippen molar-refractivity contribution in [3.63, 3.8) is 0 Å². The van der Waals surface area contributed by atoms with Crippen LogP contribution in [0.3, 0.4) is 0 Å². The number of rotatable bonds is 2. The second-order valence-corrected chi connectivity index (χ2v) is 4.88. The fourth-order valence-corrected chi connectivity index (χ4v) is 3.22. The van der Waals surface area contributed by atoms with E-state index in [1.54, 1.807) is 0 Å². The van der Waals surface area contributed by atoms with Gasteiger partial charge < -0.3 is 0 Å². The van der Waals surface area contributed by atoms with Crippen molar-refractivity contribution in [3.8, 4) is 0 Å². The Bertz CT molecular complexity index is 123. The SMILES string of the molecule is N[S@](=O)CC1CCCSC1. The molecule has 0 amide bonds. The molecule has 1 saturated heterocycles. The van der Waals surface area contributed by atoms with E-state index in [0.717, 1.165) is 5.75 Å². The van der Waals surface area contributed by atoms with Crippen LogP contribution in [0.15, 0.2) is 0 Å². The number of thioether (sulfide) groups is 1. The summed E-state index contributed by atoms with van der Waals surface area (Å²) in [5.41, 5.74) is 0. The fraction of sp³-hybridized carbons (Fsp3) is 1.00. The summed E-state index contributed by atoms with van der Waals surface area (Å²) in [5.74, 6) is 3.74. The van der Waals surface area contributed by atoms with Crippen molar-refractivity contribution in [3.05, 3.63) is 0 Å². The second-order valence-electron chi connectivity index (χ2n) is 2.63. The second kappa shape index (κ2) is 4.36. The molecule has 0 radical (unpaired) electrons. The predicted octanol–water partition coefficient (Wildman–Crippen LogP) is 0.752. The average Bonchev–Trinajstić information content (AvgIpc) is 1.88. The van der Waals surface area contributed by atoms with Crippen molar-refractivity contribution >= 4 is 22.7 Å². The van der Waals surface area contributed by atoms with E-state index in [9.17, 15) is 4.21 Å². The maximum atomic E-state index is 10.6. The lowest BCUT2D eigenvalue weighted by Crippen LogP contribution is -2.21. The molecular weight excluding hydrogens is 166 g/mol. The van der Waals surface area contributed by atoms with Crippen LogP contribution < -0.4 is 5.14 Å². The van der Waals surface area contributed by atoms with Crippen LogP contribution in [0, 0.1) is 5.92 Å². The molecule has 2 atom stereocenters. The van der Waals surface area contributed by atoms with Crippen molar-refractivity contribution in [2.75, 3.05) is 17.3 Å². The molecule has 0 aromatic heterocycles. The Labute approximate surface area is 68.5 Å². The molecule has 1 rings (SSSR count). The minimum Gasteiger partial charge on any atom is -0.252 e. The first kappa shape index (κ1) is 8.56. The zero-order valence-corrected chi connectivity index (χ0v) is 7.55. The van der Waals surface area contributed by atoms with Gasteiger partial charge in [-0.2, -0.15) is 11.8 Å². The van der Waals surface area contributed by atoms with Crippen molar-refractivity contribution < 1.29 is 4.21 Å². The molecule has 0 aromatic carbocycles. The standard InChI is InChI=1S/C6H13NOS2/c7-10(8)5-6-2-1-3-9-4-6/h6H,1-5,7H2/t6?,10-/m1/s1. The monoisotopic (exact) mass is 179 g/mol. The molecule has 0 saturated carbocycles. The van der Waals surface area contributed by atoms with Crippen LogP contribution in [-0.2, 0) is 11.0 Å². The van der Waals surface area contributed by atoms with E-state index in [0.29, 0.717) is 11.7 Å². The summed E-state index contributed by atoms with van der Waals surface area (Å²) < 4.78 is 10.6. The zero-order chi connectivity index (χ0) is 7.40. The van der Waals surface area contributed by atoms with E-state index in [2.05, 4.69) is 0 Å². The number of hydrogen-bond acceptors (Lipinski definition) is 2. The van der Waals surface area contributed by atoms with Crippen LogP contribution in [0.25, 0.3) is 0 Å². The molecule has 2 nitrogen and oxygen atoms in total. The highest BCUT2D eigenvalue weighted by molar-refractivity contribution is 7.99. The summed E-state index contributed by atoms with van der Waals surface area (Å²) in [6.45, 7) is 0. The summed E-state index contributed by atoms with van der Waals surface area (Å²) in [7, 11) is -1.08. The molecule has 10 heavy (non-hydrogen) atoms. The lowest BCUT2D eigenvalue weighted by molar-refractivity contribution is 0.572. The first-order chi connectivity index (χ1) is 4.79. The first-order valence-corrected chi connectivity index (χ1v) is 6.03. The van der Waals surface area contributed by atoms with Gasteiger partial charge in [-0.15, -0.1) is 0 Å². The summed E-state index contributed by atoms with van der Waals surface area (Å²) in [6.07, 6.45) is 2.49. The quantitative estimate of drug-likeness (QED) is 0.680. The highest BCUT2D eigenvalue weighted by Gasteiger charge is 2.14. The maximum absolute atomic E-state index is 10.6. The Hall–Kier alpha value is 0.460. The Morgan fingerprint density at radius 1 is 1.70 bits per heavy atom. The lowest BCUT2D eigenvalue weighted by atomic mass is 10.1. The van der Waals surface area contributed by atoms with Crippen molar-refractivity contribution in [2.24, 2.45) is 11.1 Å². The van der Waals surface area contributed by atoms with Crippen LogP contribution >= 0.6 is 11.8 Å². The van der Waals surface area contributed by atoms with E-state index in [4.69, 9.17) is 5.14 Å². The van der Waals surface area contributed by atoms with Crippen molar-refractivity contribution in [1.82, 2.24) is 0 Å². The molecule has 1 aliphatic rings. The van der Waals surface area contributed by atoms with Gasteiger partial charge in [0, 0.05) is 5.75 Å². The number of hydrogen-bond donors (Lipinski definition) is 1. The van der Waals surface area contributed by atoms with E-state index < -0.39 is 11.0 Å². The van der Waals surface area contributed by atoms with E-state index in [-0.39, 0.29) is 0 Å². The van der Waals surface area contributed by atoms with Crippen LogP contribution in [0.5, 0.6) is 0 Å². The molecule has 1 aliphatic heterocycles. The van der Waals surface area contributed by atoms with Crippen molar-refractivity contribution in [1.29, 1.82) is 0 Å². The summed E-state index contributed by atoms with van der Waals surface area (Å²) in [4.78, 5) is 0. The molecule has 4 heteroatoms. The highest BCUT2D eigenvalue weighted by atomic mass is 32.2. The van der Waals surface area contributed by atoms with Crippen LogP contribution in [0.4, 0.5) is 0 Å². The highest BCUT2D eigenvalue weighted by Crippen LogP contribution is 2.22. The number of nitrogens with two attached hydrogens (primary N) is 1. The minimum absolute atomic E-state index is 0.615. The molecular formula is C6H13NOS2. The van der Waals surface area contributed by atoms with Gasteiger partial charge in [-0.25, -0.2) is 4.21 Å². The molecule has 0 bridgehead atoms.